The Morgan fingerprint density at radius 3 is 2.21 bits per heavy atom. The highest BCUT2D eigenvalue weighted by molar-refractivity contribution is 6.06. The van der Waals surface area contributed by atoms with E-state index in [9.17, 15) is 18.4 Å². The van der Waals surface area contributed by atoms with Gasteiger partial charge in [-0.15, -0.1) is 0 Å². The molecule has 3 aromatic carbocycles. The summed E-state index contributed by atoms with van der Waals surface area (Å²) >= 11 is 0. The Labute approximate surface area is 166 Å². The van der Waals surface area contributed by atoms with Gasteiger partial charge >= 0.3 is 0 Å². The fraction of sp³-hybridized carbons (Fsp3) is 0.0909. The number of hydrogen-bond donors (Lipinski definition) is 2. The minimum atomic E-state index is -1.06. The molecule has 0 atom stereocenters. The van der Waals surface area contributed by atoms with Crippen LogP contribution in [0.5, 0.6) is 5.75 Å². The molecule has 148 valence electrons. The van der Waals surface area contributed by atoms with Crippen LogP contribution in [0, 0.1) is 11.6 Å². The molecule has 0 fully saturated rings. The van der Waals surface area contributed by atoms with Gasteiger partial charge in [-0.2, -0.15) is 0 Å². The van der Waals surface area contributed by atoms with Crippen LogP contribution in [0.4, 0.5) is 14.5 Å². The zero-order chi connectivity index (χ0) is 20.8. The third kappa shape index (κ3) is 5.16. The first-order valence-electron chi connectivity index (χ1n) is 8.74. The van der Waals surface area contributed by atoms with Crippen LogP contribution in [0.3, 0.4) is 0 Å². The quantitative estimate of drug-likeness (QED) is 0.658. The summed E-state index contributed by atoms with van der Waals surface area (Å²) < 4.78 is 31.4. The minimum absolute atomic E-state index is 0.114. The lowest BCUT2D eigenvalue weighted by Crippen LogP contribution is -2.23. The monoisotopic (exact) mass is 396 g/mol. The molecule has 0 bridgehead atoms. The second-order valence-corrected chi connectivity index (χ2v) is 6.19. The topological polar surface area (TPSA) is 67.4 Å². The van der Waals surface area contributed by atoms with Crippen molar-refractivity contribution in [3.8, 4) is 5.75 Å². The van der Waals surface area contributed by atoms with Crippen molar-refractivity contribution in [2.75, 3.05) is 12.4 Å². The summed E-state index contributed by atoms with van der Waals surface area (Å²) in [5, 5.41) is 5.25. The number of methoxy groups -OCH3 is 1. The SMILES string of the molecule is COc1ccc(CNC(=O)c2cccc(C(=O)Nc3ccc(F)c(F)c3)c2)cc1. The molecule has 0 heterocycles. The van der Waals surface area contributed by atoms with Crippen molar-refractivity contribution >= 4 is 17.5 Å². The van der Waals surface area contributed by atoms with E-state index in [4.69, 9.17) is 4.74 Å². The maximum absolute atomic E-state index is 13.3. The van der Waals surface area contributed by atoms with Crippen LogP contribution < -0.4 is 15.4 Å². The number of benzene rings is 3. The maximum Gasteiger partial charge on any atom is 0.255 e. The van der Waals surface area contributed by atoms with Gasteiger partial charge in [-0.1, -0.05) is 18.2 Å². The highest BCUT2D eigenvalue weighted by Crippen LogP contribution is 2.15. The van der Waals surface area contributed by atoms with Gasteiger partial charge in [0.1, 0.15) is 5.75 Å². The lowest BCUT2D eigenvalue weighted by molar-refractivity contribution is 0.0951. The summed E-state index contributed by atoms with van der Waals surface area (Å²) in [5.74, 6) is -2.23. The average Bonchev–Trinajstić information content (AvgIpc) is 2.75. The van der Waals surface area contributed by atoms with Gasteiger partial charge < -0.3 is 15.4 Å². The van der Waals surface area contributed by atoms with Crippen LogP contribution in [-0.2, 0) is 6.54 Å². The van der Waals surface area contributed by atoms with E-state index >= 15 is 0 Å². The standard InChI is InChI=1S/C22H18F2N2O3/c1-29-18-8-5-14(6-9-18)13-25-21(27)15-3-2-4-16(11-15)22(28)26-17-7-10-19(23)20(24)12-17/h2-12H,13H2,1H3,(H,25,27)(H,26,28). The molecule has 0 saturated heterocycles. The summed E-state index contributed by atoms with van der Waals surface area (Å²) in [6.07, 6.45) is 0. The van der Waals surface area contributed by atoms with Crippen molar-refractivity contribution in [3.05, 3.63) is 95.1 Å². The summed E-state index contributed by atoms with van der Waals surface area (Å²) in [4.78, 5) is 24.8. The molecule has 0 spiro atoms. The van der Waals surface area contributed by atoms with Crippen LogP contribution in [-0.4, -0.2) is 18.9 Å². The molecule has 29 heavy (non-hydrogen) atoms. The number of amides is 2. The first kappa shape index (κ1) is 20.0. The van der Waals surface area contributed by atoms with Crippen LogP contribution >= 0.6 is 0 Å². The summed E-state index contributed by atoms with van der Waals surface area (Å²) in [7, 11) is 1.58. The van der Waals surface area contributed by atoms with E-state index in [1.807, 2.05) is 12.1 Å². The number of halogens is 2. The summed E-state index contributed by atoms with van der Waals surface area (Å²) in [5.41, 5.74) is 1.53. The molecule has 0 aliphatic carbocycles. The second kappa shape index (κ2) is 8.97. The Kier molecular flexibility index (Phi) is 6.19. The molecule has 5 nitrogen and oxygen atoms in total. The Bertz CT molecular complexity index is 1040. The van der Waals surface area contributed by atoms with Crippen molar-refractivity contribution < 1.29 is 23.1 Å². The predicted molar refractivity (Wildman–Crippen MR) is 105 cm³/mol. The molecule has 0 aliphatic rings. The predicted octanol–water partition coefficient (Wildman–Crippen LogP) is 4.16. The Morgan fingerprint density at radius 1 is 0.862 bits per heavy atom. The van der Waals surface area contributed by atoms with Gasteiger partial charge in [0.2, 0.25) is 0 Å². The summed E-state index contributed by atoms with van der Waals surface area (Å²) in [6.45, 7) is 0.314. The van der Waals surface area contributed by atoms with Crippen molar-refractivity contribution in [1.82, 2.24) is 5.32 Å². The number of carbonyl (C=O) groups is 2. The van der Waals surface area contributed by atoms with Crippen molar-refractivity contribution in [2.24, 2.45) is 0 Å². The van der Waals surface area contributed by atoms with Gasteiger partial charge in [-0.3, -0.25) is 9.59 Å². The first-order valence-corrected chi connectivity index (χ1v) is 8.74. The van der Waals surface area contributed by atoms with E-state index in [2.05, 4.69) is 10.6 Å². The normalized spacial score (nSPS) is 10.3. The van der Waals surface area contributed by atoms with Gasteiger partial charge in [0.15, 0.2) is 11.6 Å². The number of nitrogens with one attached hydrogen (secondary N) is 2. The number of carbonyl (C=O) groups excluding carboxylic acids is 2. The molecule has 3 aromatic rings. The van der Waals surface area contributed by atoms with E-state index < -0.39 is 17.5 Å². The van der Waals surface area contributed by atoms with Crippen LogP contribution in [0.1, 0.15) is 26.3 Å². The molecule has 0 saturated carbocycles. The fourth-order valence-corrected chi connectivity index (χ4v) is 2.61. The molecular weight excluding hydrogens is 378 g/mol. The average molecular weight is 396 g/mol. The Morgan fingerprint density at radius 2 is 1.55 bits per heavy atom. The molecule has 0 radical (unpaired) electrons. The largest absolute Gasteiger partial charge is 0.497 e. The molecule has 0 aromatic heterocycles. The van der Waals surface area contributed by atoms with Gasteiger partial charge in [-0.05, 0) is 48.0 Å². The van der Waals surface area contributed by atoms with Gasteiger partial charge in [-0.25, -0.2) is 8.78 Å². The zero-order valence-electron chi connectivity index (χ0n) is 15.5. The van der Waals surface area contributed by atoms with E-state index in [0.29, 0.717) is 12.1 Å². The third-order valence-corrected chi connectivity index (χ3v) is 4.18. The molecular formula is C22H18F2N2O3. The second-order valence-electron chi connectivity index (χ2n) is 6.19. The van der Waals surface area contributed by atoms with Gasteiger partial charge in [0.25, 0.3) is 11.8 Å². The zero-order valence-corrected chi connectivity index (χ0v) is 15.5. The van der Waals surface area contributed by atoms with E-state index in [1.54, 1.807) is 31.4 Å². The number of hydrogen-bond acceptors (Lipinski definition) is 3. The smallest absolute Gasteiger partial charge is 0.255 e. The van der Waals surface area contributed by atoms with E-state index in [-0.39, 0.29) is 17.2 Å². The lowest BCUT2D eigenvalue weighted by Gasteiger charge is -2.09. The summed E-state index contributed by atoms with van der Waals surface area (Å²) in [6, 6.07) is 16.4. The molecule has 7 heteroatoms. The number of rotatable bonds is 6. The number of ether oxygens (including phenoxy) is 1. The molecule has 3 rings (SSSR count). The minimum Gasteiger partial charge on any atom is -0.497 e. The van der Waals surface area contributed by atoms with Gasteiger partial charge in [0, 0.05) is 29.4 Å². The van der Waals surface area contributed by atoms with Crippen LogP contribution in [0.25, 0.3) is 0 Å². The Hall–Kier alpha value is -3.74. The molecule has 0 unspecified atom stereocenters. The number of anilines is 1. The maximum atomic E-state index is 13.3. The van der Waals surface area contributed by atoms with Crippen LogP contribution in [0.2, 0.25) is 0 Å². The lowest BCUT2D eigenvalue weighted by atomic mass is 10.1. The van der Waals surface area contributed by atoms with Gasteiger partial charge in [0.05, 0.1) is 7.11 Å². The van der Waals surface area contributed by atoms with E-state index in [1.165, 1.54) is 18.2 Å². The van der Waals surface area contributed by atoms with E-state index in [0.717, 1.165) is 23.4 Å². The molecule has 0 aliphatic heterocycles. The highest BCUT2D eigenvalue weighted by atomic mass is 19.2. The highest BCUT2D eigenvalue weighted by Gasteiger charge is 2.12. The van der Waals surface area contributed by atoms with Crippen molar-refractivity contribution in [3.63, 3.8) is 0 Å². The molecule has 2 amide bonds. The van der Waals surface area contributed by atoms with Crippen molar-refractivity contribution in [2.45, 2.75) is 6.54 Å². The molecule has 2 N–H and O–H groups in total. The first-order chi connectivity index (χ1) is 14.0. The fourth-order valence-electron chi connectivity index (χ4n) is 2.61. The van der Waals surface area contributed by atoms with Crippen molar-refractivity contribution in [1.29, 1.82) is 0 Å². The third-order valence-electron chi connectivity index (χ3n) is 4.18. The van der Waals surface area contributed by atoms with Crippen LogP contribution in [0.15, 0.2) is 66.7 Å². The Balaban J connectivity index is 1.64.